The molecule has 0 unspecified atom stereocenters. The van der Waals surface area contributed by atoms with Gasteiger partial charge in [0.1, 0.15) is 5.75 Å². The van der Waals surface area contributed by atoms with Crippen molar-refractivity contribution < 1.29 is 14.3 Å². The van der Waals surface area contributed by atoms with Crippen molar-refractivity contribution in [1.82, 2.24) is 4.90 Å². The summed E-state index contributed by atoms with van der Waals surface area (Å²) in [6, 6.07) is 5.33. The Bertz CT molecular complexity index is 448. The fourth-order valence-electron chi connectivity index (χ4n) is 1.87. The van der Waals surface area contributed by atoms with Crippen LogP contribution in [0, 0.1) is 0 Å². The van der Waals surface area contributed by atoms with Crippen LogP contribution in [-0.2, 0) is 9.53 Å². The Morgan fingerprint density at radius 3 is 2.89 bits per heavy atom. The second-order valence-electron chi connectivity index (χ2n) is 4.20. The van der Waals surface area contributed by atoms with Gasteiger partial charge in [-0.15, -0.1) is 0 Å². The molecule has 1 aliphatic heterocycles. The fourth-order valence-corrected chi connectivity index (χ4v) is 2.07. The van der Waals surface area contributed by atoms with Gasteiger partial charge in [0.15, 0.2) is 0 Å². The van der Waals surface area contributed by atoms with Gasteiger partial charge in [0.05, 0.1) is 31.9 Å². The Balaban J connectivity index is 1.89. The highest BCUT2D eigenvalue weighted by Crippen LogP contribution is 2.27. The first-order valence-corrected chi connectivity index (χ1v) is 6.51. The quantitative estimate of drug-likeness (QED) is 0.913. The predicted octanol–water partition coefficient (Wildman–Crippen LogP) is 1.62. The number of amides is 1. The molecule has 0 bridgehead atoms. The van der Waals surface area contributed by atoms with E-state index < -0.39 is 0 Å². The number of benzene rings is 1. The summed E-state index contributed by atoms with van der Waals surface area (Å²) in [5.41, 5.74) is 0.808. The van der Waals surface area contributed by atoms with Gasteiger partial charge < -0.3 is 19.7 Å². The lowest BCUT2D eigenvalue weighted by atomic mass is 10.3. The third kappa shape index (κ3) is 3.75. The highest BCUT2D eigenvalue weighted by molar-refractivity contribution is 6.32. The Labute approximate surface area is 117 Å². The molecule has 1 aromatic carbocycles. The van der Waals surface area contributed by atoms with Crippen LogP contribution >= 0.6 is 11.6 Å². The van der Waals surface area contributed by atoms with Crippen LogP contribution in [0.4, 0.5) is 5.69 Å². The van der Waals surface area contributed by atoms with Crippen molar-refractivity contribution >= 4 is 23.2 Å². The molecule has 0 spiro atoms. The minimum absolute atomic E-state index is 0.0669. The van der Waals surface area contributed by atoms with E-state index in [-0.39, 0.29) is 12.5 Å². The van der Waals surface area contributed by atoms with Gasteiger partial charge >= 0.3 is 0 Å². The van der Waals surface area contributed by atoms with E-state index in [0.29, 0.717) is 37.1 Å². The summed E-state index contributed by atoms with van der Waals surface area (Å²) in [7, 11) is 1.56. The Hall–Kier alpha value is -1.46. The molecule has 1 heterocycles. The van der Waals surface area contributed by atoms with E-state index in [1.807, 2.05) is 6.07 Å². The Morgan fingerprint density at radius 2 is 2.21 bits per heavy atom. The number of methoxy groups -OCH3 is 1. The van der Waals surface area contributed by atoms with Gasteiger partial charge in [0.25, 0.3) is 0 Å². The second-order valence-corrected chi connectivity index (χ2v) is 4.60. The minimum atomic E-state index is 0.0669. The van der Waals surface area contributed by atoms with Crippen molar-refractivity contribution in [2.45, 2.75) is 0 Å². The van der Waals surface area contributed by atoms with Gasteiger partial charge in [-0.3, -0.25) is 4.79 Å². The van der Waals surface area contributed by atoms with Gasteiger partial charge in [0, 0.05) is 24.8 Å². The Kier molecular flexibility index (Phi) is 4.87. The molecule has 6 heteroatoms. The zero-order valence-corrected chi connectivity index (χ0v) is 11.6. The average Bonchev–Trinajstić information content (AvgIpc) is 2.47. The summed E-state index contributed by atoms with van der Waals surface area (Å²) in [4.78, 5) is 13.7. The number of nitrogens with one attached hydrogen (secondary N) is 1. The molecule has 0 atom stereocenters. The lowest BCUT2D eigenvalue weighted by Crippen LogP contribution is -2.43. The van der Waals surface area contributed by atoms with Crippen LogP contribution in [0.5, 0.6) is 5.75 Å². The Morgan fingerprint density at radius 1 is 1.47 bits per heavy atom. The summed E-state index contributed by atoms with van der Waals surface area (Å²) in [5.74, 6) is 0.655. The number of ether oxygens (including phenoxy) is 2. The van der Waals surface area contributed by atoms with Crippen LogP contribution in [0.25, 0.3) is 0 Å². The number of carbonyl (C=O) groups is 1. The first-order valence-electron chi connectivity index (χ1n) is 6.13. The number of anilines is 1. The molecule has 5 nitrogen and oxygen atoms in total. The molecule has 104 valence electrons. The smallest absolute Gasteiger partial charge is 0.242 e. The zero-order valence-electron chi connectivity index (χ0n) is 10.8. The first kappa shape index (κ1) is 14.0. The van der Waals surface area contributed by atoms with Crippen molar-refractivity contribution in [1.29, 1.82) is 0 Å². The standard InChI is InChI=1S/C13H17ClN2O3/c1-18-12-8-10(2-3-11(12)14)15-9-13(17)16-4-6-19-7-5-16/h2-3,8,15H,4-7,9H2,1H3. The number of nitrogens with zero attached hydrogens (tertiary/aromatic N) is 1. The topological polar surface area (TPSA) is 50.8 Å². The minimum Gasteiger partial charge on any atom is -0.495 e. The second kappa shape index (κ2) is 6.63. The number of morpholine rings is 1. The highest BCUT2D eigenvalue weighted by Gasteiger charge is 2.16. The van der Waals surface area contributed by atoms with Crippen LogP contribution in [0.3, 0.4) is 0 Å². The lowest BCUT2D eigenvalue weighted by molar-refractivity contribution is -0.133. The lowest BCUT2D eigenvalue weighted by Gasteiger charge is -2.27. The molecular formula is C13H17ClN2O3. The normalized spacial score (nSPS) is 15.2. The molecule has 0 aromatic heterocycles. The summed E-state index contributed by atoms with van der Waals surface area (Å²) >= 11 is 5.94. The molecule has 0 saturated carbocycles. The molecule has 0 aliphatic carbocycles. The SMILES string of the molecule is COc1cc(NCC(=O)N2CCOCC2)ccc1Cl. The third-order valence-electron chi connectivity index (χ3n) is 2.96. The molecule has 1 fully saturated rings. The van der Waals surface area contributed by atoms with E-state index in [4.69, 9.17) is 21.1 Å². The van der Waals surface area contributed by atoms with Crippen molar-refractivity contribution in [2.24, 2.45) is 0 Å². The van der Waals surface area contributed by atoms with Crippen LogP contribution in [0.2, 0.25) is 5.02 Å². The number of hydrogen-bond donors (Lipinski definition) is 1. The van der Waals surface area contributed by atoms with Gasteiger partial charge in [-0.25, -0.2) is 0 Å². The average molecular weight is 285 g/mol. The van der Waals surface area contributed by atoms with Crippen molar-refractivity contribution in [3.63, 3.8) is 0 Å². The van der Waals surface area contributed by atoms with Gasteiger partial charge in [-0.05, 0) is 12.1 Å². The van der Waals surface area contributed by atoms with Crippen molar-refractivity contribution in [2.75, 3.05) is 45.3 Å². The molecule has 1 N–H and O–H groups in total. The molecule has 1 amide bonds. The number of rotatable bonds is 4. The summed E-state index contributed by atoms with van der Waals surface area (Å²) in [6.07, 6.45) is 0. The third-order valence-corrected chi connectivity index (χ3v) is 3.27. The van der Waals surface area contributed by atoms with Gasteiger partial charge in [-0.2, -0.15) is 0 Å². The monoisotopic (exact) mass is 284 g/mol. The fraction of sp³-hybridized carbons (Fsp3) is 0.462. The molecule has 1 saturated heterocycles. The van der Waals surface area contributed by atoms with E-state index in [0.717, 1.165) is 5.69 Å². The maximum Gasteiger partial charge on any atom is 0.242 e. The summed E-state index contributed by atoms with van der Waals surface area (Å²) in [6.45, 7) is 2.79. The van der Waals surface area contributed by atoms with Crippen LogP contribution in [-0.4, -0.2) is 50.8 Å². The van der Waals surface area contributed by atoms with Gasteiger partial charge in [0.2, 0.25) is 5.91 Å². The van der Waals surface area contributed by atoms with Crippen LogP contribution in [0.1, 0.15) is 0 Å². The van der Waals surface area contributed by atoms with E-state index in [9.17, 15) is 4.79 Å². The van der Waals surface area contributed by atoms with Gasteiger partial charge in [-0.1, -0.05) is 11.6 Å². The van der Waals surface area contributed by atoms with Crippen molar-refractivity contribution in [3.8, 4) is 5.75 Å². The highest BCUT2D eigenvalue weighted by atomic mass is 35.5. The largest absolute Gasteiger partial charge is 0.495 e. The molecule has 19 heavy (non-hydrogen) atoms. The van der Waals surface area contributed by atoms with E-state index in [1.165, 1.54) is 0 Å². The molecular weight excluding hydrogens is 268 g/mol. The zero-order chi connectivity index (χ0) is 13.7. The predicted molar refractivity (Wildman–Crippen MR) is 73.9 cm³/mol. The van der Waals surface area contributed by atoms with Crippen LogP contribution < -0.4 is 10.1 Å². The van der Waals surface area contributed by atoms with E-state index >= 15 is 0 Å². The molecule has 1 aliphatic rings. The number of carbonyl (C=O) groups excluding carboxylic acids is 1. The summed E-state index contributed by atoms with van der Waals surface area (Å²) in [5, 5.41) is 3.62. The number of hydrogen-bond acceptors (Lipinski definition) is 4. The number of halogens is 1. The summed E-state index contributed by atoms with van der Waals surface area (Å²) < 4.78 is 10.3. The van der Waals surface area contributed by atoms with E-state index in [1.54, 1.807) is 24.1 Å². The van der Waals surface area contributed by atoms with E-state index in [2.05, 4.69) is 5.32 Å². The van der Waals surface area contributed by atoms with Crippen molar-refractivity contribution in [3.05, 3.63) is 23.2 Å². The van der Waals surface area contributed by atoms with Crippen LogP contribution in [0.15, 0.2) is 18.2 Å². The maximum atomic E-state index is 11.9. The maximum absolute atomic E-state index is 11.9. The first-order chi connectivity index (χ1) is 9.20. The molecule has 0 radical (unpaired) electrons. The molecule has 1 aromatic rings. The molecule has 2 rings (SSSR count).